The Morgan fingerprint density at radius 3 is 2.67 bits per heavy atom. The number of anilines is 2. The summed E-state index contributed by atoms with van der Waals surface area (Å²) in [6.45, 7) is 1.89. The molecule has 1 aliphatic carbocycles. The normalized spacial score (nSPS) is 17.8. The van der Waals surface area contributed by atoms with Crippen LogP contribution in [0.3, 0.4) is 0 Å². The lowest BCUT2D eigenvalue weighted by atomic mass is 9.81. The van der Waals surface area contributed by atoms with E-state index in [9.17, 15) is 18.0 Å². The molecule has 0 spiro atoms. The molecule has 0 saturated heterocycles. The van der Waals surface area contributed by atoms with Gasteiger partial charge in [-0.05, 0) is 56.9 Å². The standard InChI is InChI=1S/C28H26F3N7O2/c1-15-5-10-19(14-34-15)35-27(39)17-8-6-16(7-9-17)26-37-23(24-25(32)33-11-12-38(24)26)20-13-18-3-2-4-21(22(18)36-20)40-28(29,30)31/h2-5,10-14,16-17,36H,6-9H2,1H3,(H2,32,33)(H,35,39). The van der Waals surface area contributed by atoms with E-state index in [2.05, 4.69) is 25.0 Å². The fourth-order valence-corrected chi connectivity index (χ4v) is 5.43. The number of pyridine rings is 1. The molecule has 0 atom stereocenters. The maximum absolute atomic E-state index is 13.0. The number of hydrogen-bond donors (Lipinski definition) is 3. The molecular formula is C28H26F3N7O2. The molecule has 4 N–H and O–H groups in total. The zero-order valence-corrected chi connectivity index (χ0v) is 21.5. The summed E-state index contributed by atoms with van der Waals surface area (Å²) >= 11 is 0. The number of rotatable bonds is 5. The number of alkyl halides is 3. The first-order valence-electron chi connectivity index (χ1n) is 12.9. The minimum absolute atomic E-state index is 0.0267. The lowest BCUT2D eigenvalue weighted by Crippen LogP contribution is -2.27. The van der Waals surface area contributed by atoms with Crippen LogP contribution in [0, 0.1) is 12.8 Å². The molecule has 4 heterocycles. The Kier molecular flexibility index (Phi) is 6.32. The lowest BCUT2D eigenvalue weighted by Gasteiger charge is -2.27. The number of carbonyl (C=O) groups is 1. The van der Waals surface area contributed by atoms with Crippen molar-refractivity contribution >= 4 is 33.8 Å². The molecule has 0 bridgehead atoms. The molecule has 6 rings (SSSR count). The predicted molar refractivity (Wildman–Crippen MR) is 144 cm³/mol. The summed E-state index contributed by atoms with van der Waals surface area (Å²) in [5, 5.41) is 3.49. The van der Waals surface area contributed by atoms with Gasteiger partial charge in [-0.25, -0.2) is 9.97 Å². The van der Waals surface area contributed by atoms with Crippen LogP contribution in [-0.2, 0) is 4.79 Å². The highest BCUT2D eigenvalue weighted by molar-refractivity contribution is 5.94. The summed E-state index contributed by atoms with van der Waals surface area (Å²) in [7, 11) is 0. The van der Waals surface area contributed by atoms with Crippen LogP contribution >= 0.6 is 0 Å². The summed E-state index contributed by atoms with van der Waals surface area (Å²) in [6, 6.07) is 9.86. The van der Waals surface area contributed by atoms with Crippen molar-refractivity contribution in [1.29, 1.82) is 0 Å². The Labute approximate surface area is 226 Å². The number of aromatic amines is 1. The van der Waals surface area contributed by atoms with Crippen molar-refractivity contribution in [2.75, 3.05) is 11.1 Å². The number of nitrogens with zero attached hydrogens (tertiary/aromatic N) is 4. The monoisotopic (exact) mass is 549 g/mol. The van der Waals surface area contributed by atoms with E-state index in [4.69, 9.17) is 10.7 Å². The molecule has 1 amide bonds. The number of amides is 1. The maximum Gasteiger partial charge on any atom is 0.573 e. The van der Waals surface area contributed by atoms with Crippen LogP contribution in [0.1, 0.15) is 43.1 Å². The van der Waals surface area contributed by atoms with E-state index in [-0.39, 0.29) is 34.8 Å². The number of H-pyrrole nitrogens is 1. The van der Waals surface area contributed by atoms with Crippen molar-refractivity contribution in [3.8, 4) is 17.1 Å². The molecule has 1 saturated carbocycles. The van der Waals surface area contributed by atoms with Gasteiger partial charge in [-0.15, -0.1) is 13.2 Å². The first kappa shape index (κ1) is 25.7. The second kappa shape index (κ2) is 9.85. The van der Waals surface area contributed by atoms with Crippen LogP contribution in [0.15, 0.2) is 55.0 Å². The van der Waals surface area contributed by atoms with Gasteiger partial charge in [0.15, 0.2) is 5.75 Å². The number of hydrogen-bond acceptors (Lipinski definition) is 6. The average molecular weight is 550 g/mol. The molecule has 9 nitrogen and oxygen atoms in total. The molecule has 12 heteroatoms. The van der Waals surface area contributed by atoms with Gasteiger partial charge in [-0.3, -0.25) is 14.2 Å². The summed E-state index contributed by atoms with van der Waals surface area (Å²) in [4.78, 5) is 29.3. The van der Waals surface area contributed by atoms with Crippen LogP contribution < -0.4 is 15.8 Å². The van der Waals surface area contributed by atoms with Crippen molar-refractivity contribution in [2.45, 2.75) is 44.9 Å². The number of nitrogens with two attached hydrogens (primary N) is 1. The third-order valence-electron chi connectivity index (χ3n) is 7.35. The number of aryl methyl sites for hydroxylation is 1. The minimum Gasteiger partial charge on any atom is -0.404 e. The Morgan fingerprint density at radius 2 is 1.95 bits per heavy atom. The van der Waals surface area contributed by atoms with E-state index in [0.717, 1.165) is 24.4 Å². The summed E-state index contributed by atoms with van der Waals surface area (Å²) < 4.78 is 45.0. The van der Waals surface area contributed by atoms with Gasteiger partial charge in [0.25, 0.3) is 0 Å². The van der Waals surface area contributed by atoms with Gasteiger partial charge in [0.05, 0.1) is 23.1 Å². The highest BCUT2D eigenvalue weighted by atomic mass is 19.4. The van der Waals surface area contributed by atoms with E-state index in [0.29, 0.717) is 40.8 Å². The zero-order chi connectivity index (χ0) is 28.0. The largest absolute Gasteiger partial charge is 0.573 e. The molecule has 1 aromatic carbocycles. The molecule has 0 aliphatic heterocycles. The van der Waals surface area contributed by atoms with Crippen LogP contribution in [0.2, 0.25) is 0 Å². The highest BCUT2D eigenvalue weighted by Gasteiger charge is 2.33. The number of carbonyl (C=O) groups excluding carboxylic acids is 1. The number of halogens is 3. The van der Waals surface area contributed by atoms with Gasteiger partial charge in [0, 0.05) is 35.3 Å². The molecule has 206 valence electrons. The molecule has 0 radical (unpaired) electrons. The zero-order valence-electron chi connectivity index (χ0n) is 21.5. The van der Waals surface area contributed by atoms with Crippen LogP contribution in [-0.4, -0.2) is 36.6 Å². The molecule has 1 fully saturated rings. The van der Waals surface area contributed by atoms with Crippen LogP contribution in [0.25, 0.3) is 27.8 Å². The average Bonchev–Trinajstić information content (AvgIpc) is 3.53. The molecular weight excluding hydrogens is 523 g/mol. The van der Waals surface area contributed by atoms with E-state index in [1.807, 2.05) is 23.5 Å². The van der Waals surface area contributed by atoms with Gasteiger partial charge >= 0.3 is 6.36 Å². The Morgan fingerprint density at radius 1 is 1.15 bits per heavy atom. The van der Waals surface area contributed by atoms with Crippen LogP contribution in [0.5, 0.6) is 5.75 Å². The van der Waals surface area contributed by atoms with Gasteiger partial charge in [0.1, 0.15) is 22.9 Å². The SMILES string of the molecule is Cc1ccc(NC(=O)C2CCC(c3nc(-c4cc5cccc(OC(F)(F)F)c5[nH]4)c4c(N)nccn34)CC2)cn1. The van der Waals surface area contributed by atoms with Crippen molar-refractivity contribution in [2.24, 2.45) is 5.92 Å². The Hall–Kier alpha value is -4.61. The van der Waals surface area contributed by atoms with E-state index in [1.165, 1.54) is 12.1 Å². The topological polar surface area (TPSA) is 123 Å². The number of nitrogens with one attached hydrogen (secondary N) is 2. The van der Waals surface area contributed by atoms with Crippen molar-refractivity contribution in [3.63, 3.8) is 0 Å². The summed E-state index contributed by atoms with van der Waals surface area (Å²) in [5.74, 6) is 0.593. The van der Waals surface area contributed by atoms with E-state index < -0.39 is 6.36 Å². The van der Waals surface area contributed by atoms with Crippen LogP contribution in [0.4, 0.5) is 24.7 Å². The summed E-state index contributed by atoms with van der Waals surface area (Å²) in [5.41, 5.74) is 9.57. The fraction of sp³-hybridized carbons (Fsp3) is 0.286. The number of ether oxygens (including phenoxy) is 1. The second-order valence-electron chi connectivity index (χ2n) is 10.0. The number of benzene rings is 1. The molecule has 40 heavy (non-hydrogen) atoms. The van der Waals surface area contributed by atoms with E-state index >= 15 is 0 Å². The minimum atomic E-state index is -4.82. The smallest absolute Gasteiger partial charge is 0.404 e. The van der Waals surface area contributed by atoms with E-state index in [1.54, 1.807) is 30.7 Å². The number of fused-ring (bicyclic) bond motifs is 2. The third kappa shape index (κ3) is 4.92. The lowest BCUT2D eigenvalue weighted by molar-refractivity contribution is -0.274. The van der Waals surface area contributed by atoms with Gasteiger partial charge < -0.3 is 20.8 Å². The molecule has 1 aliphatic rings. The Bertz CT molecular complexity index is 1700. The van der Waals surface area contributed by atoms with Crippen molar-refractivity contribution in [1.82, 2.24) is 24.3 Å². The van der Waals surface area contributed by atoms with Gasteiger partial charge in [-0.1, -0.05) is 12.1 Å². The maximum atomic E-state index is 13.0. The number of para-hydroxylation sites is 1. The third-order valence-corrected chi connectivity index (χ3v) is 7.35. The van der Waals surface area contributed by atoms with Gasteiger partial charge in [0.2, 0.25) is 5.91 Å². The predicted octanol–water partition coefficient (Wildman–Crippen LogP) is 5.97. The van der Waals surface area contributed by atoms with Crippen molar-refractivity contribution < 1.29 is 22.7 Å². The number of nitrogen functional groups attached to an aromatic ring is 1. The highest BCUT2D eigenvalue weighted by Crippen LogP contribution is 2.40. The summed E-state index contributed by atoms with van der Waals surface area (Å²) in [6.07, 6.45) is 3.04. The molecule has 4 aromatic heterocycles. The number of imidazole rings is 1. The first-order chi connectivity index (χ1) is 19.2. The fourth-order valence-electron chi connectivity index (χ4n) is 5.43. The molecule has 0 unspecified atom stereocenters. The Balaban J connectivity index is 1.28. The number of aromatic nitrogens is 5. The van der Waals surface area contributed by atoms with Gasteiger partial charge in [-0.2, -0.15) is 0 Å². The quantitative estimate of drug-likeness (QED) is 0.248. The molecule has 5 aromatic rings. The first-order valence-corrected chi connectivity index (χ1v) is 12.9. The van der Waals surface area contributed by atoms with Crippen molar-refractivity contribution in [3.05, 3.63) is 66.5 Å². The second-order valence-corrected chi connectivity index (χ2v) is 10.0.